The molecule has 40 heavy (non-hydrogen) atoms. The summed E-state index contributed by atoms with van der Waals surface area (Å²) in [4.78, 5) is 0. The van der Waals surface area contributed by atoms with E-state index in [1.165, 1.54) is 39.8 Å². The summed E-state index contributed by atoms with van der Waals surface area (Å²) in [6, 6.07) is 36.0. The third-order valence-corrected chi connectivity index (χ3v) is 27.0. The largest absolute Gasteiger partial charge is 1.00 e. The summed E-state index contributed by atoms with van der Waals surface area (Å²) >= 11 is -1.88. The van der Waals surface area contributed by atoms with E-state index >= 15 is 0 Å². The minimum absolute atomic E-state index is 0. The van der Waals surface area contributed by atoms with Gasteiger partial charge in [0.1, 0.15) is 0 Å². The van der Waals surface area contributed by atoms with Gasteiger partial charge in [-0.1, -0.05) is 20.3 Å². The summed E-state index contributed by atoms with van der Waals surface area (Å²) in [5.41, 5.74) is 14.9. The molecule has 0 saturated heterocycles. The molecule has 0 heterocycles. The zero-order chi connectivity index (χ0) is 26.6. The van der Waals surface area contributed by atoms with Gasteiger partial charge in [-0.3, -0.25) is 0 Å². The van der Waals surface area contributed by atoms with Crippen molar-refractivity contribution in [1.29, 1.82) is 0 Å². The van der Waals surface area contributed by atoms with Crippen LogP contribution in [0.15, 0.2) is 108 Å². The smallest absolute Gasteiger partial charge is 1.00 e. The molecule has 0 N–H and O–H groups in total. The van der Waals surface area contributed by atoms with Crippen molar-refractivity contribution >= 4 is 18.8 Å². The summed E-state index contributed by atoms with van der Waals surface area (Å²) in [6.45, 7) is 11.6. The normalized spacial score (nSPS) is 16.5. The SMILES string of the molecule is CCC.C[SiH2][Zr+2]([CH]1C(C)=Cc2c(-c3ccccc3)cccc21)[CH]1C(C)=Cc2c(-c3ccccc3)cccc21.[Cl-].[Cl-]. The monoisotopic (exact) mass is 659 g/mol. The summed E-state index contributed by atoms with van der Waals surface area (Å²) in [5.74, 6) is 0. The first kappa shape index (κ1) is 32.6. The molecule has 6 rings (SSSR count). The van der Waals surface area contributed by atoms with Crippen molar-refractivity contribution in [3.8, 4) is 22.3 Å². The molecule has 0 spiro atoms. The Balaban J connectivity index is 0.000000846. The van der Waals surface area contributed by atoms with Crippen molar-refractivity contribution in [2.24, 2.45) is 0 Å². The molecule has 2 aliphatic rings. The fourth-order valence-corrected chi connectivity index (χ4v) is 27.0. The molecule has 0 radical (unpaired) electrons. The van der Waals surface area contributed by atoms with Gasteiger partial charge in [0.15, 0.2) is 0 Å². The van der Waals surface area contributed by atoms with Crippen LogP contribution in [0.5, 0.6) is 0 Å². The van der Waals surface area contributed by atoms with Crippen LogP contribution in [0, 0.1) is 0 Å². The molecule has 205 valence electrons. The maximum Gasteiger partial charge on any atom is -1.00 e. The number of halogens is 2. The Bertz CT molecular complexity index is 1370. The third-order valence-electron chi connectivity index (χ3n) is 7.88. The van der Waals surface area contributed by atoms with Gasteiger partial charge in [0.05, 0.1) is 0 Å². The molecular weight excluding hydrogens is 623 g/mol. The van der Waals surface area contributed by atoms with Gasteiger partial charge < -0.3 is 24.8 Å². The Hall–Kier alpha value is -1.96. The molecule has 0 saturated carbocycles. The van der Waals surface area contributed by atoms with Crippen LogP contribution in [0.3, 0.4) is 0 Å². The quantitative estimate of drug-likeness (QED) is 0.286. The number of hydrogen-bond donors (Lipinski definition) is 0. The van der Waals surface area contributed by atoms with Crippen LogP contribution in [0.2, 0.25) is 6.55 Å². The average Bonchev–Trinajstić information content (AvgIpc) is 3.46. The average molecular weight is 662 g/mol. The van der Waals surface area contributed by atoms with E-state index in [1.54, 1.807) is 22.3 Å². The van der Waals surface area contributed by atoms with Gasteiger partial charge in [0, 0.05) is 0 Å². The summed E-state index contributed by atoms with van der Waals surface area (Å²) in [5, 5.41) is 0. The summed E-state index contributed by atoms with van der Waals surface area (Å²) in [7, 11) is 0. The maximum absolute atomic E-state index is 2.60. The summed E-state index contributed by atoms with van der Waals surface area (Å²) < 4.78 is 1.40. The third kappa shape index (κ3) is 6.27. The Kier molecular flexibility index (Phi) is 12.0. The van der Waals surface area contributed by atoms with Crippen LogP contribution in [-0.4, -0.2) is 6.65 Å². The number of fused-ring (bicyclic) bond motifs is 2. The molecule has 2 unspecified atom stereocenters. The van der Waals surface area contributed by atoms with Gasteiger partial charge >= 0.3 is 220 Å². The molecule has 0 fully saturated rings. The first-order chi connectivity index (χ1) is 18.6. The molecule has 4 aromatic carbocycles. The van der Waals surface area contributed by atoms with Crippen molar-refractivity contribution in [1.82, 2.24) is 0 Å². The number of allylic oxidation sites excluding steroid dienone is 2. The molecule has 2 atom stereocenters. The molecule has 4 heteroatoms. The fourth-order valence-electron chi connectivity index (χ4n) is 6.40. The first-order valence-corrected chi connectivity index (χ1v) is 24.3. The molecule has 0 aliphatic heterocycles. The molecular formula is C36H39Cl2SiZr. The van der Waals surface area contributed by atoms with Crippen molar-refractivity contribution in [3.63, 3.8) is 0 Å². The van der Waals surface area contributed by atoms with Crippen LogP contribution in [0.4, 0.5) is 0 Å². The minimum atomic E-state index is -1.88. The van der Waals surface area contributed by atoms with E-state index in [-0.39, 0.29) is 31.5 Å². The van der Waals surface area contributed by atoms with Gasteiger partial charge in [-0.05, 0) is 0 Å². The fraction of sp³-hybridized carbons (Fsp3) is 0.222. The minimum Gasteiger partial charge on any atom is -1.00 e. The van der Waals surface area contributed by atoms with Gasteiger partial charge in [0.2, 0.25) is 0 Å². The van der Waals surface area contributed by atoms with E-state index in [4.69, 9.17) is 0 Å². The Morgan fingerprint density at radius 3 is 1.30 bits per heavy atom. The van der Waals surface area contributed by atoms with E-state index in [0.29, 0.717) is 7.25 Å². The van der Waals surface area contributed by atoms with E-state index in [9.17, 15) is 0 Å². The van der Waals surface area contributed by atoms with Crippen molar-refractivity contribution in [2.45, 2.75) is 47.9 Å². The van der Waals surface area contributed by atoms with Gasteiger partial charge in [-0.25, -0.2) is 0 Å². The Morgan fingerprint density at radius 2 is 0.950 bits per heavy atom. The number of benzene rings is 4. The van der Waals surface area contributed by atoms with Crippen LogP contribution < -0.4 is 24.8 Å². The predicted octanol–water partition coefficient (Wildman–Crippen LogP) is 3.81. The molecule has 0 aromatic heterocycles. The van der Waals surface area contributed by atoms with Gasteiger partial charge in [-0.15, -0.1) is 0 Å². The Labute approximate surface area is 263 Å². The van der Waals surface area contributed by atoms with Crippen LogP contribution in [-0.2, 0) is 20.9 Å². The second-order valence-electron chi connectivity index (χ2n) is 10.6. The van der Waals surface area contributed by atoms with Crippen molar-refractivity contribution in [2.75, 3.05) is 0 Å². The number of hydrogen-bond acceptors (Lipinski definition) is 0. The van der Waals surface area contributed by atoms with Crippen molar-refractivity contribution < 1.29 is 45.7 Å². The predicted molar refractivity (Wildman–Crippen MR) is 167 cm³/mol. The molecule has 0 nitrogen and oxygen atoms in total. The molecule has 2 aliphatic carbocycles. The van der Waals surface area contributed by atoms with Gasteiger partial charge in [0.25, 0.3) is 0 Å². The second kappa shape index (κ2) is 14.8. The van der Waals surface area contributed by atoms with Crippen LogP contribution in [0.1, 0.15) is 63.6 Å². The molecule has 4 aromatic rings. The maximum atomic E-state index is 2.60. The zero-order valence-electron chi connectivity index (χ0n) is 24.2. The molecule has 0 amide bonds. The molecule has 0 bridgehead atoms. The number of rotatable bonds is 5. The standard InChI is InChI=1S/2C16H13.C3H8.CH5Si.2ClH.Zr/c2*1-12-10-14-8-5-9-15(16(14)11-12)13-6-3-2-4-7-13;1-3-2;1-2;;;/h2*2-11H,1H3;3H2,1-2H3;2H2,1H3;2*1H;/q;;;;;;+2/p-2. The first-order valence-electron chi connectivity index (χ1n) is 14.2. The van der Waals surface area contributed by atoms with Gasteiger partial charge in [-0.2, -0.15) is 0 Å². The van der Waals surface area contributed by atoms with E-state index in [0.717, 1.165) is 0 Å². The van der Waals surface area contributed by atoms with Crippen LogP contribution >= 0.6 is 0 Å². The van der Waals surface area contributed by atoms with Crippen LogP contribution in [0.25, 0.3) is 34.4 Å². The topological polar surface area (TPSA) is 0 Å². The van der Waals surface area contributed by atoms with E-state index in [2.05, 4.69) is 143 Å². The second-order valence-corrected chi connectivity index (χ2v) is 27.0. The summed E-state index contributed by atoms with van der Waals surface area (Å²) in [6.07, 6.45) is 6.31. The van der Waals surface area contributed by atoms with E-state index in [1.807, 2.05) is 0 Å². The van der Waals surface area contributed by atoms with Crippen molar-refractivity contribution in [3.05, 3.63) is 130 Å². The van der Waals surface area contributed by atoms with E-state index < -0.39 is 20.9 Å². The zero-order valence-corrected chi connectivity index (χ0v) is 29.6. The Morgan fingerprint density at radius 1 is 0.575 bits per heavy atom.